The first-order chi connectivity index (χ1) is 13.9. The number of carbonyl (C=O) groups excluding carboxylic acids is 1. The van der Waals surface area contributed by atoms with Gasteiger partial charge in [0.05, 0.1) is 37.4 Å². The summed E-state index contributed by atoms with van der Waals surface area (Å²) in [7, 11) is 0. The summed E-state index contributed by atoms with van der Waals surface area (Å²) in [4.78, 5) is 12.3. The molecule has 0 amide bonds. The lowest BCUT2D eigenvalue weighted by molar-refractivity contribution is -0.306. The van der Waals surface area contributed by atoms with Gasteiger partial charge in [-0.2, -0.15) is 0 Å². The minimum Gasteiger partial charge on any atom is -0.465 e. The lowest BCUT2D eigenvalue weighted by Gasteiger charge is -2.45. The lowest BCUT2D eigenvalue weighted by atomic mass is 9.83. The van der Waals surface area contributed by atoms with Crippen LogP contribution in [0, 0.1) is 23.2 Å². The molecule has 0 bridgehead atoms. The Bertz CT molecular complexity index is 664. The highest BCUT2D eigenvalue weighted by Gasteiger charge is 2.41. The molecule has 0 N–H and O–H groups in total. The lowest BCUT2D eigenvalue weighted by Crippen LogP contribution is -2.51. The highest BCUT2D eigenvalue weighted by molar-refractivity contribution is 5.75. The maximum atomic E-state index is 12.3. The summed E-state index contributed by atoms with van der Waals surface area (Å²) in [6.45, 7) is 17.4. The van der Waals surface area contributed by atoms with E-state index in [0.29, 0.717) is 19.8 Å². The normalized spacial score (nSPS) is 24.7. The molecule has 1 aliphatic rings. The summed E-state index contributed by atoms with van der Waals surface area (Å²) < 4.78 is 24.2. The van der Waals surface area contributed by atoms with Crippen molar-refractivity contribution in [1.29, 1.82) is 0 Å². The zero-order valence-electron chi connectivity index (χ0n) is 19.9. The van der Waals surface area contributed by atoms with Crippen LogP contribution in [-0.4, -0.2) is 37.2 Å². The molecule has 2 rings (SSSR count). The fourth-order valence-corrected chi connectivity index (χ4v) is 3.84. The van der Waals surface area contributed by atoms with Gasteiger partial charge in [0.2, 0.25) is 0 Å². The fourth-order valence-electron chi connectivity index (χ4n) is 3.84. The van der Waals surface area contributed by atoms with E-state index >= 15 is 0 Å². The Hall–Kier alpha value is -1.43. The summed E-state index contributed by atoms with van der Waals surface area (Å²) in [6.07, 6.45) is -0.130. The van der Waals surface area contributed by atoms with Gasteiger partial charge in [-0.3, -0.25) is 4.79 Å². The first-order valence-electron chi connectivity index (χ1n) is 11.1. The first kappa shape index (κ1) is 24.8. The topological polar surface area (TPSA) is 54.0 Å². The second-order valence-electron chi connectivity index (χ2n) is 10.2. The number of benzene rings is 1. The number of esters is 1. The van der Waals surface area contributed by atoms with Crippen molar-refractivity contribution in [1.82, 2.24) is 0 Å². The predicted octanol–water partition coefficient (Wildman–Crippen LogP) is 5.22. The molecule has 5 nitrogen and oxygen atoms in total. The SMILES string of the molecule is C[C@@H]([C@@H](OCc1ccccc1)[C@@H](C)COC(=O)C(C)(C)C)[C@H]1OC(C)(C)OC[C@@H]1C. The number of carbonyl (C=O) groups is 1. The van der Waals surface area contributed by atoms with E-state index in [1.54, 1.807) is 0 Å². The van der Waals surface area contributed by atoms with Crippen LogP contribution in [0.4, 0.5) is 0 Å². The highest BCUT2D eigenvalue weighted by Crippen LogP contribution is 2.34. The van der Waals surface area contributed by atoms with E-state index in [1.165, 1.54) is 0 Å². The van der Waals surface area contributed by atoms with Crippen molar-refractivity contribution in [2.45, 2.75) is 80.0 Å². The summed E-state index contributed by atoms with van der Waals surface area (Å²) in [6, 6.07) is 10.1. The van der Waals surface area contributed by atoms with Crippen molar-refractivity contribution in [3.8, 4) is 0 Å². The zero-order valence-corrected chi connectivity index (χ0v) is 19.9. The van der Waals surface area contributed by atoms with Gasteiger partial charge in [0, 0.05) is 17.8 Å². The molecule has 1 fully saturated rings. The molecule has 1 aliphatic heterocycles. The molecule has 0 spiro atoms. The summed E-state index contributed by atoms with van der Waals surface area (Å²) in [5, 5.41) is 0. The zero-order chi connectivity index (χ0) is 22.5. The third-order valence-corrected chi connectivity index (χ3v) is 5.65. The number of rotatable bonds is 8. The molecule has 1 heterocycles. The van der Waals surface area contributed by atoms with Crippen molar-refractivity contribution < 1.29 is 23.7 Å². The first-order valence-corrected chi connectivity index (χ1v) is 11.1. The molecule has 1 aromatic carbocycles. The predicted molar refractivity (Wildman–Crippen MR) is 118 cm³/mol. The molecule has 0 unspecified atom stereocenters. The number of hydrogen-bond donors (Lipinski definition) is 0. The van der Waals surface area contributed by atoms with Crippen molar-refractivity contribution in [3.63, 3.8) is 0 Å². The quantitative estimate of drug-likeness (QED) is 0.540. The maximum Gasteiger partial charge on any atom is 0.311 e. The molecular weight excluding hydrogens is 380 g/mol. The Morgan fingerprint density at radius 2 is 1.83 bits per heavy atom. The van der Waals surface area contributed by atoms with E-state index in [-0.39, 0.29) is 35.9 Å². The molecule has 0 aliphatic carbocycles. The molecule has 1 aromatic rings. The smallest absolute Gasteiger partial charge is 0.311 e. The third kappa shape index (κ3) is 7.07. The van der Waals surface area contributed by atoms with Crippen LogP contribution in [0.2, 0.25) is 0 Å². The number of hydrogen-bond acceptors (Lipinski definition) is 5. The highest BCUT2D eigenvalue weighted by atomic mass is 16.7. The largest absolute Gasteiger partial charge is 0.465 e. The van der Waals surface area contributed by atoms with Crippen molar-refractivity contribution >= 4 is 5.97 Å². The van der Waals surface area contributed by atoms with E-state index in [2.05, 4.69) is 32.9 Å². The van der Waals surface area contributed by atoms with Crippen LogP contribution in [0.3, 0.4) is 0 Å². The Morgan fingerprint density at radius 3 is 2.43 bits per heavy atom. The molecule has 0 saturated carbocycles. The Balaban J connectivity index is 2.13. The van der Waals surface area contributed by atoms with Crippen molar-refractivity contribution in [2.24, 2.45) is 23.2 Å². The average molecular weight is 421 g/mol. The second-order valence-corrected chi connectivity index (χ2v) is 10.2. The second kappa shape index (κ2) is 10.3. The van der Waals surface area contributed by atoms with Crippen LogP contribution in [0.5, 0.6) is 0 Å². The fraction of sp³-hybridized carbons (Fsp3) is 0.720. The summed E-state index contributed by atoms with van der Waals surface area (Å²) >= 11 is 0. The molecule has 0 aromatic heterocycles. The summed E-state index contributed by atoms with van der Waals surface area (Å²) in [5.41, 5.74) is 0.600. The average Bonchev–Trinajstić information content (AvgIpc) is 2.68. The van der Waals surface area contributed by atoms with Gasteiger partial charge >= 0.3 is 5.97 Å². The van der Waals surface area contributed by atoms with Crippen LogP contribution in [0.25, 0.3) is 0 Å². The third-order valence-electron chi connectivity index (χ3n) is 5.65. The van der Waals surface area contributed by atoms with Crippen LogP contribution in [0.15, 0.2) is 30.3 Å². The minimum atomic E-state index is -0.614. The van der Waals surface area contributed by atoms with E-state index in [9.17, 15) is 4.79 Å². The Morgan fingerprint density at radius 1 is 1.20 bits per heavy atom. The molecule has 30 heavy (non-hydrogen) atoms. The summed E-state index contributed by atoms with van der Waals surface area (Å²) in [5.74, 6) is -0.426. The van der Waals surface area contributed by atoms with Gasteiger partial charge in [-0.1, -0.05) is 51.1 Å². The molecular formula is C25H40O5. The number of ether oxygens (including phenoxy) is 4. The van der Waals surface area contributed by atoms with Crippen molar-refractivity contribution in [2.75, 3.05) is 13.2 Å². The molecule has 0 radical (unpaired) electrons. The van der Waals surface area contributed by atoms with Crippen LogP contribution < -0.4 is 0 Å². The van der Waals surface area contributed by atoms with Crippen molar-refractivity contribution in [3.05, 3.63) is 35.9 Å². The monoisotopic (exact) mass is 420 g/mol. The standard InChI is InChI=1S/C25H40O5/c1-17(14-28-23(26)24(4,5)6)21(27-16-20-12-10-9-11-13-20)19(3)22-18(2)15-29-25(7,8)30-22/h9-13,17-19,21-22H,14-16H2,1-8H3/t17-,18-,19-,21-,22-/m0/s1. The Kier molecular flexibility index (Phi) is 8.49. The van der Waals surface area contributed by atoms with E-state index in [0.717, 1.165) is 5.56 Å². The van der Waals surface area contributed by atoms with Crippen LogP contribution in [0.1, 0.15) is 61.0 Å². The molecule has 170 valence electrons. The van der Waals surface area contributed by atoms with Gasteiger partial charge in [-0.25, -0.2) is 0 Å². The van der Waals surface area contributed by atoms with E-state index in [1.807, 2.05) is 52.8 Å². The van der Waals surface area contributed by atoms with Gasteiger partial charge in [0.25, 0.3) is 0 Å². The van der Waals surface area contributed by atoms with E-state index in [4.69, 9.17) is 18.9 Å². The molecule has 5 atom stereocenters. The minimum absolute atomic E-state index is 0.00436. The van der Waals surface area contributed by atoms with Gasteiger partial charge in [-0.15, -0.1) is 0 Å². The van der Waals surface area contributed by atoms with Gasteiger partial charge in [0.1, 0.15) is 0 Å². The van der Waals surface area contributed by atoms with E-state index < -0.39 is 11.2 Å². The van der Waals surface area contributed by atoms with Crippen LogP contribution >= 0.6 is 0 Å². The Labute approximate surface area is 182 Å². The van der Waals surface area contributed by atoms with Gasteiger partial charge < -0.3 is 18.9 Å². The molecule has 1 saturated heterocycles. The van der Waals surface area contributed by atoms with Crippen LogP contribution in [-0.2, 0) is 30.3 Å². The maximum absolute atomic E-state index is 12.3. The molecule has 5 heteroatoms. The van der Waals surface area contributed by atoms with Gasteiger partial charge in [0.15, 0.2) is 5.79 Å². The van der Waals surface area contributed by atoms with Gasteiger partial charge in [-0.05, 0) is 40.2 Å².